The number of carbonyl (C=O) groups is 3. The minimum absolute atomic E-state index is 0.129. The summed E-state index contributed by atoms with van der Waals surface area (Å²) in [5, 5.41) is 2.02. The minimum Gasteiger partial charge on any atom is -0.366 e. The number of nitrogens with one attached hydrogen (secondary N) is 1. The van der Waals surface area contributed by atoms with E-state index in [1.807, 2.05) is 5.32 Å². The first-order valence-electron chi connectivity index (χ1n) is 7.54. The van der Waals surface area contributed by atoms with Crippen LogP contribution in [0.3, 0.4) is 0 Å². The Kier molecular flexibility index (Phi) is 5.58. The van der Waals surface area contributed by atoms with Crippen molar-refractivity contribution in [1.29, 1.82) is 0 Å². The Morgan fingerprint density at radius 3 is 1.41 bits per heavy atom. The fourth-order valence-corrected chi connectivity index (χ4v) is 2.27. The van der Waals surface area contributed by atoms with Crippen molar-refractivity contribution in [1.82, 2.24) is 0 Å². The number of primary amides is 2. The molecular weight excluding hydrogens is 408 g/mol. The van der Waals surface area contributed by atoms with E-state index in [-0.39, 0.29) is 35.0 Å². The van der Waals surface area contributed by atoms with E-state index in [0.717, 1.165) is 18.2 Å². The molecule has 0 heterocycles. The number of alkyl halides is 6. The zero-order valence-electron chi connectivity index (χ0n) is 14.1. The van der Waals surface area contributed by atoms with Crippen LogP contribution in [0.4, 0.5) is 32.0 Å². The number of halogens is 6. The lowest BCUT2D eigenvalue weighted by molar-refractivity contribution is -0.143. The van der Waals surface area contributed by atoms with E-state index in [0.29, 0.717) is 0 Å². The van der Waals surface area contributed by atoms with Gasteiger partial charge in [0, 0.05) is 22.4 Å². The first-order chi connectivity index (χ1) is 13.2. The van der Waals surface area contributed by atoms with Gasteiger partial charge in [-0.2, -0.15) is 26.3 Å². The number of hydrogen-bond acceptors (Lipinski definition) is 3. The summed E-state index contributed by atoms with van der Waals surface area (Å²) in [5.74, 6) is -3.37. The molecule has 6 nitrogen and oxygen atoms in total. The van der Waals surface area contributed by atoms with Crippen LogP contribution in [0.1, 0.15) is 42.2 Å². The molecule has 0 spiro atoms. The smallest absolute Gasteiger partial charge is 0.366 e. The molecule has 0 radical (unpaired) electrons. The summed E-state index contributed by atoms with van der Waals surface area (Å²) in [6.07, 6.45) is -10.3. The highest BCUT2D eigenvalue weighted by atomic mass is 19.4. The van der Waals surface area contributed by atoms with Crippen LogP contribution in [0, 0.1) is 0 Å². The maximum absolute atomic E-state index is 12.9. The van der Waals surface area contributed by atoms with Gasteiger partial charge in [-0.1, -0.05) is 0 Å². The van der Waals surface area contributed by atoms with Crippen molar-refractivity contribution >= 4 is 23.4 Å². The Bertz CT molecular complexity index is 934. The molecule has 154 valence electrons. The number of rotatable bonds is 4. The first-order valence-corrected chi connectivity index (χ1v) is 7.54. The molecule has 3 amide bonds. The molecule has 2 aromatic carbocycles. The Morgan fingerprint density at radius 2 is 1.07 bits per heavy atom. The van der Waals surface area contributed by atoms with E-state index >= 15 is 0 Å². The molecule has 0 aliphatic carbocycles. The Labute approximate surface area is 158 Å². The van der Waals surface area contributed by atoms with Gasteiger partial charge >= 0.3 is 12.4 Å². The molecule has 0 unspecified atom stereocenters. The third-order valence-electron chi connectivity index (χ3n) is 3.61. The molecular formula is C17H11F6N3O3. The zero-order chi connectivity index (χ0) is 22.1. The Morgan fingerprint density at radius 1 is 0.655 bits per heavy atom. The van der Waals surface area contributed by atoms with Gasteiger partial charge in [-0.05, 0) is 36.4 Å². The van der Waals surface area contributed by atoms with Gasteiger partial charge in [0.1, 0.15) is 0 Å². The van der Waals surface area contributed by atoms with Gasteiger partial charge in [-0.25, -0.2) is 0 Å². The quantitative estimate of drug-likeness (QED) is 0.661. The summed E-state index contributed by atoms with van der Waals surface area (Å²) >= 11 is 0. The van der Waals surface area contributed by atoms with E-state index in [1.54, 1.807) is 0 Å². The molecule has 0 bridgehead atoms. The summed E-state index contributed by atoms with van der Waals surface area (Å²) in [7, 11) is 0. The fourth-order valence-electron chi connectivity index (χ4n) is 2.27. The van der Waals surface area contributed by atoms with Gasteiger partial charge in [0.2, 0.25) is 11.8 Å². The second kappa shape index (κ2) is 7.45. The van der Waals surface area contributed by atoms with Gasteiger partial charge in [0.15, 0.2) is 0 Å². The lowest BCUT2D eigenvalue weighted by atomic mass is 10.0. The number of benzene rings is 2. The molecule has 0 aliphatic rings. The summed E-state index contributed by atoms with van der Waals surface area (Å²) in [6, 6.07) is 3.30. The molecule has 12 heteroatoms. The molecule has 2 aromatic rings. The second-order valence-corrected chi connectivity index (χ2v) is 5.78. The van der Waals surface area contributed by atoms with E-state index in [9.17, 15) is 40.7 Å². The number of hydrogen-bond donors (Lipinski definition) is 3. The predicted molar refractivity (Wildman–Crippen MR) is 87.9 cm³/mol. The van der Waals surface area contributed by atoms with Crippen LogP contribution in [-0.2, 0) is 12.4 Å². The van der Waals surface area contributed by atoms with Gasteiger partial charge in [-0.3, -0.25) is 14.4 Å². The summed E-state index contributed by atoms with van der Waals surface area (Å²) in [5.41, 5.74) is 5.02. The largest absolute Gasteiger partial charge is 0.416 e. The number of amides is 3. The number of carbonyl (C=O) groups excluding carboxylic acids is 3. The Balaban J connectivity index is 2.50. The van der Waals surface area contributed by atoms with E-state index in [4.69, 9.17) is 11.5 Å². The normalized spacial score (nSPS) is 11.8. The van der Waals surface area contributed by atoms with Crippen molar-refractivity contribution in [2.45, 2.75) is 12.4 Å². The van der Waals surface area contributed by atoms with Crippen LogP contribution in [0.15, 0.2) is 36.4 Å². The average Bonchev–Trinajstić information content (AvgIpc) is 2.59. The molecule has 2 rings (SSSR count). The zero-order valence-corrected chi connectivity index (χ0v) is 14.1. The predicted octanol–water partition coefficient (Wildman–Crippen LogP) is 3.17. The van der Waals surface area contributed by atoms with Crippen LogP contribution in [-0.4, -0.2) is 17.7 Å². The monoisotopic (exact) mass is 419 g/mol. The summed E-state index contributed by atoms with van der Waals surface area (Å²) in [4.78, 5) is 34.9. The van der Waals surface area contributed by atoms with Crippen molar-refractivity contribution in [3.8, 4) is 0 Å². The number of nitrogens with two attached hydrogens (primary N) is 2. The van der Waals surface area contributed by atoms with Crippen LogP contribution < -0.4 is 16.8 Å². The minimum atomic E-state index is -5.14. The van der Waals surface area contributed by atoms with Gasteiger partial charge in [0.05, 0.1) is 11.1 Å². The van der Waals surface area contributed by atoms with Crippen molar-refractivity contribution in [3.63, 3.8) is 0 Å². The highest BCUT2D eigenvalue weighted by molar-refractivity contribution is 6.06. The molecule has 0 saturated heterocycles. The molecule has 5 N–H and O–H groups in total. The van der Waals surface area contributed by atoms with E-state index in [2.05, 4.69) is 0 Å². The summed E-state index contributed by atoms with van der Waals surface area (Å²) in [6.45, 7) is 0. The molecule has 0 aliphatic heterocycles. The molecule has 0 aromatic heterocycles. The van der Waals surface area contributed by atoms with Gasteiger partial charge < -0.3 is 16.8 Å². The fraction of sp³-hybridized carbons (Fsp3) is 0.118. The maximum atomic E-state index is 12.9. The average molecular weight is 419 g/mol. The summed E-state index contributed by atoms with van der Waals surface area (Å²) < 4.78 is 77.4. The highest BCUT2D eigenvalue weighted by Crippen LogP contribution is 2.36. The third kappa shape index (κ3) is 5.24. The van der Waals surface area contributed by atoms with Crippen LogP contribution in [0.25, 0.3) is 0 Å². The van der Waals surface area contributed by atoms with E-state index in [1.165, 1.54) is 0 Å². The highest BCUT2D eigenvalue weighted by Gasteiger charge is 2.37. The topological polar surface area (TPSA) is 115 Å². The van der Waals surface area contributed by atoms with Crippen molar-refractivity contribution in [2.75, 3.05) is 5.32 Å². The van der Waals surface area contributed by atoms with Crippen LogP contribution in [0.2, 0.25) is 0 Å². The van der Waals surface area contributed by atoms with Crippen molar-refractivity contribution in [3.05, 3.63) is 64.2 Å². The van der Waals surface area contributed by atoms with Crippen molar-refractivity contribution in [2.24, 2.45) is 11.5 Å². The Hall–Kier alpha value is -3.57. The second-order valence-electron chi connectivity index (χ2n) is 5.78. The first kappa shape index (κ1) is 21.7. The molecule has 0 saturated carbocycles. The van der Waals surface area contributed by atoms with Crippen LogP contribution in [0.5, 0.6) is 0 Å². The SMILES string of the molecule is NC(=O)c1cc(NC(=O)c2cc(C(F)(F)F)cc(C(F)(F)F)c2)cc(C(N)=O)c1. The molecule has 0 fully saturated rings. The number of anilines is 1. The maximum Gasteiger partial charge on any atom is 0.416 e. The van der Waals surface area contributed by atoms with Gasteiger partial charge in [0.25, 0.3) is 5.91 Å². The third-order valence-corrected chi connectivity index (χ3v) is 3.61. The van der Waals surface area contributed by atoms with Crippen molar-refractivity contribution < 1.29 is 40.7 Å². The lowest BCUT2D eigenvalue weighted by Gasteiger charge is -2.14. The van der Waals surface area contributed by atoms with Crippen LogP contribution >= 0.6 is 0 Å². The van der Waals surface area contributed by atoms with Gasteiger partial charge in [-0.15, -0.1) is 0 Å². The molecule has 0 atom stereocenters. The lowest BCUT2D eigenvalue weighted by Crippen LogP contribution is -2.19. The standard InChI is InChI=1S/C17H11F6N3O3/c18-16(19,20)10-2-9(3-11(6-10)17(21,22)23)15(29)26-12-4-7(13(24)27)1-8(5-12)14(25)28/h1-6H,(H2,24,27)(H2,25,28)(H,26,29). The molecule has 29 heavy (non-hydrogen) atoms. The van der Waals surface area contributed by atoms with E-state index < -0.39 is 46.8 Å².